The maximum Gasteiger partial charge on any atom is 0.193 e. The van der Waals surface area contributed by atoms with Crippen molar-refractivity contribution in [2.24, 2.45) is 16.8 Å². The lowest BCUT2D eigenvalue weighted by Gasteiger charge is -2.43. The predicted octanol–water partition coefficient (Wildman–Crippen LogP) is 2.45. The van der Waals surface area contributed by atoms with Crippen molar-refractivity contribution in [3.8, 4) is 0 Å². The van der Waals surface area contributed by atoms with E-state index >= 15 is 0 Å². The van der Waals surface area contributed by atoms with Gasteiger partial charge in [-0.25, -0.2) is 8.42 Å². The van der Waals surface area contributed by atoms with Crippen LogP contribution in [0, 0.1) is 11.8 Å². The number of guanidine groups is 1. The maximum atomic E-state index is 11.6. The van der Waals surface area contributed by atoms with Crippen molar-refractivity contribution in [2.75, 3.05) is 51.3 Å². The Morgan fingerprint density at radius 3 is 2.19 bits per heavy atom. The zero-order chi connectivity index (χ0) is 19.2. The standard InChI is InChI=1S/C19H38N4O2S.HI/c1-5-26(24,25)15-10-21-19(20-4)23-13-11-22(12-14-23)18-8-6-17(7-9-18)16(2)3;/h16-18H,5-15H2,1-4H3,(H,20,21);1H. The van der Waals surface area contributed by atoms with E-state index in [1.807, 2.05) is 0 Å². The summed E-state index contributed by atoms with van der Waals surface area (Å²) in [5, 5.41) is 3.22. The molecular weight excluding hydrogens is 475 g/mol. The Balaban J connectivity index is 0.00000364. The molecule has 0 aromatic carbocycles. The van der Waals surface area contributed by atoms with Crippen LogP contribution in [0.4, 0.5) is 0 Å². The summed E-state index contributed by atoms with van der Waals surface area (Å²) in [4.78, 5) is 9.26. The summed E-state index contributed by atoms with van der Waals surface area (Å²) in [5.74, 6) is 2.93. The Labute approximate surface area is 183 Å². The number of piperazine rings is 1. The molecule has 1 aliphatic carbocycles. The molecule has 8 heteroatoms. The summed E-state index contributed by atoms with van der Waals surface area (Å²) < 4.78 is 23.3. The topological polar surface area (TPSA) is 65.0 Å². The Kier molecular flexibility index (Phi) is 10.9. The third-order valence-corrected chi connectivity index (χ3v) is 7.87. The van der Waals surface area contributed by atoms with Crippen LogP contribution in [-0.4, -0.2) is 81.5 Å². The van der Waals surface area contributed by atoms with Gasteiger partial charge in [0.2, 0.25) is 0 Å². The van der Waals surface area contributed by atoms with Crippen molar-refractivity contribution >= 4 is 39.8 Å². The second-order valence-corrected chi connectivity index (χ2v) is 10.5. The Morgan fingerprint density at radius 2 is 1.70 bits per heavy atom. The van der Waals surface area contributed by atoms with Crippen LogP contribution in [0.2, 0.25) is 0 Å². The van der Waals surface area contributed by atoms with Crippen molar-refractivity contribution in [1.82, 2.24) is 15.1 Å². The van der Waals surface area contributed by atoms with E-state index in [4.69, 9.17) is 0 Å². The van der Waals surface area contributed by atoms with Gasteiger partial charge in [-0.3, -0.25) is 9.89 Å². The van der Waals surface area contributed by atoms with Gasteiger partial charge in [-0.05, 0) is 37.5 Å². The molecule has 160 valence electrons. The third-order valence-electron chi connectivity index (χ3n) is 6.16. The van der Waals surface area contributed by atoms with Gasteiger partial charge in [-0.2, -0.15) is 0 Å². The largest absolute Gasteiger partial charge is 0.355 e. The van der Waals surface area contributed by atoms with Gasteiger partial charge >= 0.3 is 0 Å². The van der Waals surface area contributed by atoms with Gasteiger partial charge in [-0.15, -0.1) is 24.0 Å². The SMILES string of the molecule is CCS(=O)(=O)CCNC(=NC)N1CCN(C2CCC(C(C)C)CC2)CC1.I. The Hall–Kier alpha value is -0.0900. The molecule has 1 heterocycles. The van der Waals surface area contributed by atoms with E-state index in [0.29, 0.717) is 6.54 Å². The lowest BCUT2D eigenvalue weighted by atomic mass is 9.79. The summed E-state index contributed by atoms with van der Waals surface area (Å²) >= 11 is 0. The van der Waals surface area contributed by atoms with Crippen molar-refractivity contribution in [2.45, 2.75) is 52.5 Å². The van der Waals surface area contributed by atoms with E-state index in [1.165, 1.54) is 25.7 Å². The molecule has 1 N–H and O–H groups in total. The van der Waals surface area contributed by atoms with Crippen LogP contribution in [0.1, 0.15) is 46.5 Å². The molecule has 0 bridgehead atoms. The lowest BCUT2D eigenvalue weighted by molar-refractivity contribution is 0.0865. The molecule has 0 radical (unpaired) electrons. The fourth-order valence-electron chi connectivity index (χ4n) is 4.23. The summed E-state index contributed by atoms with van der Waals surface area (Å²) in [6.07, 6.45) is 5.42. The Morgan fingerprint density at radius 1 is 1.11 bits per heavy atom. The smallest absolute Gasteiger partial charge is 0.193 e. The third kappa shape index (κ3) is 7.68. The zero-order valence-electron chi connectivity index (χ0n) is 17.5. The molecular formula is C19H39IN4O2S. The van der Waals surface area contributed by atoms with E-state index in [9.17, 15) is 8.42 Å². The monoisotopic (exact) mass is 514 g/mol. The highest BCUT2D eigenvalue weighted by Gasteiger charge is 2.29. The van der Waals surface area contributed by atoms with Crippen molar-refractivity contribution in [3.05, 3.63) is 0 Å². The fraction of sp³-hybridized carbons (Fsp3) is 0.947. The van der Waals surface area contributed by atoms with E-state index in [2.05, 4.69) is 34.0 Å². The highest BCUT2D eigenvalue weighted by molar-refractivity contribution is 14.0. The number of halogens is 1. The van der Waals surface area contributed by atoms with Crippen molar-refractivity contribution < 1.29 is 8.42 Å². The van der Waals surface area contributed by atoms with Crippen LogP contribution >= 0.6 is 24.0 Å². The minimum absolute atomic E-state index is 0. The molecule has 0 amide bonds. The van der Waals surface area contributed by atoms with Crippen molar-refractivity contribution in [3.63, 3.8) is 0 Å². The van der Waals surface area contributed by atoms with E-state index in [1.54, 1.807) is 14.0 Å². The number of nitrogens with one attached hydrogen (secondary N) is 1. The summed E-state index contributed by atoms with van der Waals surface area (Å²) in [7, 11) is -1.16. The summed E-state index contributed by atoms with van der Waals surface area (Å²) in [6.45, 7) is 10.9. The maximum absolute atomic E-state index is 11.6. The molecule has 0 atom stereocenters. The second kappa shape index (κ2) is 11.8. The van der Waals surface area contributed by atoms with Crippen LogP contribution in [0.25, 0.3) is 0 Å². The van der Waals surface area contributed by atoms with E-state index in [-0.39, 0.29) is 35.5 Å². The average Bonchev–Trinajstić information content (AvgIpc) is 2.65. The molecule has 1 saturated heterocycles. The number of hydrogen-bond acceptors (Lipinski definition) is 4. The molecule has 0 aromatic heterocycles. The van der Waals surface area contributed by atoms with Gasteiger partial charge in [0.15, 0.2) is 15.8 Å². The first-order valence-corrected chi connectivity index (χ1v) is 12.1. The van der Waals surface area contributed by atoms with E-state index in [0.717, 1.165) is 50.0 Å². The first-order chi connectivity index (χ1) is 12.4. The highest BCUT2D eigenvalue weighted by Crippen LogP contribution is 2.32. The highest BCUT2D eigenvalue weighted by atomic mass is 127. The Bertz CT molecular complexity index is 552. The number of aliphatic imine (C=N–C) groups is 1. The van der Waals surface area contributed by atoms with E-state index < -0.39 is 9.84 Å². The number of sulfone groups is 1. The molecule has 2 rings (SSSR count). The molecule has 0 aromatic rings. The van der Waals surface area contributed by atoms with Crippen LogP contribution < -0.4 is 5.32 Å². The average molecular weight is 515 g/mol. The molecule has 1 saturated carbocycles. The van der Waals surface area contributed by atoms with Crippen LogP contribution in [0.15, 0.2) is 4.99 Å². The summed E-state index contributed by atoms with van der Waals surface area (Å²) in [6, 6.07) is 0.747. The van der Waals surface area contributed by atoms with Gasteiger partial charge in [0.05, 0.1) is 5.75 Å². The van der Waals surface area contributed by atoms with Gasteiger partial charge in [0, 0.05) is 51.6 Å². The second-order valence-electron chi connectivity index (χ2n) is 8.05. The van der Waals surface area contributed by atoms with Gasteiger partial charge in [0.25, 0.3) is 0 Å². The van der Waals surface area contributed by atoms with Crippen LogP contribution in [-0.2, 0) is 9.84 Å². The fourth-order valence-corrected chi connectivity index (χ4v) is 4.93. The molecule has 0 spiro atoms. The molecule has 2 aliphatic rings. The zero-order valence-corrected chi connectivity index (χ0v) is 20.6. The van der Waals surface area contributed by atoms with Gasteiger partial charge in [-0.1, -0.05) is 20.8 Å². The molecule has 2 fully saturated rings. The van der Waals surface area contributed by atoms with Crippen LogP contribution in [0.3, 0.4) is 0 Å². The minimum Gasteiger partial charge on any atom is -0.355 e. The normalized spacial score (nSPS) is 25.4. The molecule has 6 nitrogen and oxygen atoms in total. The number of hydrogen-bond donors (Lipinski definition) is 1. The number of rotatable bonds is 6. The van der Waals surface area contributed by atoms with Gasteiger partial charge in [0.1, 0.15) is 0 Å². The predicted molar refractivity (Wildman–Crippen MR) is 125 cm³/mol. The van der Waals surface area contributed by atoms with Crippen LogP contribution in [0.5, 0.6) is 0 Å². The molecule has 0 unspecified atom stereocenters. The first-order valence-electron chi connectivity index (χ1n) is 10.3. The molecule has 1 aliphatic heterocycles. The van der Waals surface area contributed by atoms with Gasteiger partial charge < -0.3 is 10.2 Å². The lowest BCUT2D eigenvalue weighted by Crippen LogP contribution is -2.55. The number of nitrogens with zero attached hydrogens (tertiary/aromatic N) is 3. The quantitative estimate of drug-likeness (QED) is 0.335. The van der Waals surface area contributed by atoms with Crippen molar-refractivity contribution in [1.29, 1.82) is 0 Å². The summed E-state index contributed by atoms with van der Waals surface area (Å²) in [5.41, 5.74) is 0. The first kappa shape index (κ1) is 24.9. The minimum atomic E-state index is -2.93. The molecule has 27 heavy (non-hydrogen) atoms.